The lowest BCUT2D eigenvalue weighted by Crippen LogP contribution is -1.97. The van der Waals surface area contributed by atoms with E-state index in [1.54, 1.807) is 0 Å². The lowest BCUT2D eigenvalue weighted by atomic mass is 9.98. The number of carboxylic acids is 1. The first-order chi connectivity index (χ1) is 9.47. The van der Waals surface area contributed by atoms with Crippen LogP contribution in [0.4, 0.5) is 0 Å². The molecular weight excluding hydrogens is 256 g/mol. The molecule has 4 heteroatoms. The van der Waals surface area contributed by atoms with Gasteiger partial charge in [0.2, 0.25) is 0 Å². The molecule has 0 unspecified atom stereocenters. The first-order valence-electron chi connectivity index (χ1n) is 6.51. The Morgan fingerprint density at radius 3 is 2.65 bits per heavy atom. The molecule has 0 fully saturated rings. The van der Waals surface area contributed by atoms with Crippen LogP contribution in [-0.4, -0.2) is 11.1 Å². The zero-order chi connectivity index (χ0) is 14.7. The molecule has 0 aliphatic carbocycles. The molecule has 1 N–H and O–H groups in total. The normalized spacial score (nSPS) is 10.8. The van der Waals surface area contributed by atoms with Crippen molar-refractivity contribution in [2.75, 3.05) is 0 Å². The molecule has 2 rings (SSSR count). The zero-order valence-corrected chi connectivity index (χ0v) is 11.8. The average molecular weight is 274 g/mol. The molecule has 1 heterocycles. The molecule has 0 atom stereocenters. The Kier molecular flexibility index (Phi) is 4.13. The van der Waals surface area contributed by atoms with E-state index in [2.05, 4.69) is 26.8 Å². The summed E-state index contributed by atoms with van der Waals surface area (Å²) in [6, 6.07) is 7.43. The fraction of sp³-hybridized carbons (Fsp3) is 0.312. The van der Waals surface area contributed by atoms with Gasteiger partial charge in [-0.1, -0.05) is 19.9 Å². The molecule has 0 aliphatic rings. The van der Waals surface area contributed by atoms with E-state index in [1.165, 1.54) is 23.5 Å². The van der Waals surface area contributed by atoms with Gasteiger partial charge in [-0.2, -0.15) is 0 Å². The van der Waals surface area contributed by atoms with Crippen LogP contribution in [0.3, 0.4) is 0 Å². The van der Waals surface area contributed by atoms with Crippen LogP contribution in [0.5, 0.6) is 5.75 Å². The predicted octanol–water partition coefficient (Wildman–Crippen LogP) is 3.99. The molecular formula is C16H18O4. The fourth-order valence-corrected chi connectivity index (χ4v) is 2.11. The van der Waals surface area contributed by atoms with Gasteiger partial charge in [-0.25, -0.2) is 4.79 Å². The summed E-state index contributed by atoms with van der Waals surface area (Å²) in [6.07, 6.45) is 1.22. The highest BCUT2D eigenvalue weighted by Gasteiger charge is 2.09. The summed E-state index contributed by atoms with van der Waals surface area (Å²) < 4.78 is 10.7. The van der Waals surface area contributed by atoms with E-state index in [9.17, 15) is 4.79 Å². The number of rotatable bonds is 5. The third-order valence-corrected chi connectivity index (χ3v) is 3.15. The predicted molar refractivity (Wildman–Crippen MR) is 75.3 cm³/mol. The number of carbonyl (C=O) groups is 1. The Morgan fingerprint density at radius 1 is 1.35 bits per heavy atom. The molecule has 0 bridgehead atoms. The molecule has 1 aromatic carbocycles. The number of hydrogen-bond acceptors (Lipinski definition) is 3. The Balaban J connectivity index is 2.03. The van der Waals surface area contributed by atoms with E-state index in [-0.39, 0.29) is 12.2 Å². The monoisotopic (exact) mass is 274 g/mol. The molecule has 0 aliphatic heterocycles. The van der Waals surface area contributed by atoms with Crippen LogP contribution in [0.15, 0.2) is 34.9 Å². The van der Waals surface area contributed by atoms with Crippen molar-refractivity contribution in [1.29, 1.82) is 0 Å². The van der Waals surface area contributed by atoms with Gasteiger partial charge in [0.1, 0.15) is 24.4 Å². The highest BCUT2D eigenvalue weighted by molar-refractivity contribution is 5.87. The number of hydrogen-bond donors (Lipinski definition) is 1. The number of aryl methyl sites for hydroxylation is 1. The van der Waals surface area contributed by atoms with Crippen LogP contribution in [0.25, 0.3) is 0 Å². The second-order valence-corrected chi connectivity index (χ2v) is 5.07. The van der Waals surface area contributed by atoms with Crippen molar-refractivity contribution in [2.45, 2.75) is 33.3 Å². The van der Waals surface area contributed by atoms with Crippen molar-refractivity contribution in [1.82, 2.24) is 0 Å². The van der Waals surface area contributed by atoms with E-state index >= 15 is 0 Å². The molecule has 106 valence electrons. The van der Waals surface area contributed by atoms with Crippen LogP contribution in [-0.2, 0) is 6.61 Å². The highest BCUT2D eigenvalue weighted by Crippen LogP contribution is 2.24. The number of benzene rings is 1. The van der Waals surface area contributed by atoms with E-state index < -0.39 is 5.97 Å². The number of carboxylic acid groups (broad SMARTS) is 1. The summed E-state index contributed by atoms with van der Waals surface area (Å²) in [4.78, 5) is 10.7. The summed E-state index contributed by atoms with van der Waals surface area (Å²) in [7, 11) is 0. The first kappa shape index (κ1) is 14.2. The Labute approximate surface area is 118 Å². The minimum Gasteiger partial charge on any atom is -0.486 e. The number of ether oxygens (including phenoxy) is 1. The topological polar surface area (TPSA) is 59.7 Å². The summed E-state index contributed by atoms with van der Waals surface area (Å²) in [6.45, 7) is 6.57. The number of furan rings is 1. The van der Waals surface area contributed by atoms with Gasteiger partial charge in [0.25, 0.3) is 0 Å². The van der Waals surface area contributed by atoms with Crippen LogP contribution in [0.1, 0.15) is 47.0 Å². The van der Waals surface area contributed by atoms with E-state index in [0.29, 0.717) is 11.7 Å². The summed E-state index contributed by atoms with van der Waals surface area (Å²) in [5.74, 6) is 0.720. The second kappa shape index (κ2) is 5.82. The summed E-state index contributed by atoms with van der Waals surface area (Å²) in [5.41, 5.74) is 2.61. The van der Waals surface area contributed by atoms with Crippen LogP contribution < -0.4 is 4.74 Å². The van der Waals surface area contributed by atoms with Gasteiger partial charge in [-0.05, 0) is 42.2 Å². The van der Waals surface area contributed by atoms with Crippen molar-refractivity contribution < 1.29 is 19.1 Å². The highest BCUT2D eigenvalue weighted by atomic mass is 16.5. The van der Waals surface area contributed by atoms with Crippen molar-refractivity contribution in [3.8, 4) is 5.75 Å². The van der Waals surface area contributed by atoms with Crippen molar-refractivity contribution in [2.24, 2.45) is 0 Å². The van der Waals surface area contributed by atoms with Crippen molar-refractivity contribution in [3.05, 3.63) is 53.0 Å². The second-order valence-electron chi connectivity index (χ2n) is 5.07. The fourth-order valence-electron chi connectivity index (χ4n) is 2.11. The standard InChI is InChI=1S/C16H18O4/c1-10(2)15-5-4-13(6-11(15)3)20-9-14-7-12(8-19-14)16(17)18/h4-8,10H,9H2,1-3H3,(H,17,18). The number of aromatic carboxylic acids is 1. The van der Waals surface area contributed by atoms with Gasteiger partial charge in [-0.15, -0.1) is 0 Å². The summed E-state index contributed by atoms with van der Waals surface area (Å²) in [5, 5.41) is 8.80. The smallest absolute Gasteiger partial charge is 0.338 e. The molecule has 0 saturated heterocycles. The van der Waals surface area contributed by atoms with E-state index in [4.69, 9.17) is 14.3 Å². The maximum atomic E-state index is 10.7. The molecule has 20 heavy (non-hydrogen) atoms. The lowest BCUT2D eigenvalue weighted by Gasteiger charge is -2.11. The molecule has 1 aromatic heterocycles. The Morgan fingerprint density at radius 2 is 2.10 bits per heavy atom. The van der Waals surface area contributed by atoms with Gasteiger partial charge in [0, 0.05) is 0 Å². The lowest BCUT2D eigenvalue weighted by molar-refractivity contribution is 0.0696. The molecule has 4 nitrogen and oxygen atoms in total. The van der Waals surface area contributed by atoms with Gasteiger partial charge < -0.3 is 14.3 Å². The largest absolute Gasteiger partial charge is 0.486 e. The van der Waals surface area contributed by atoms with Crippen molar-refractivity contribution in [3.63, 3.8) is 0 Å². The Bertz CT molecular complexity index is 611. The maximum absolute atomic E-state index is 10.7. The summed E-state index contributed by atoms with van der Waals surface area (Å²) >= 11 is 0. The van der Waals surface area contributed by atoms with Gasteiger partial charge in [0.15, 0.2) is 0 Å². The minimum absolute atomic E-state index is 0.134. The van der Waals surface area contributed by atoms with Crippen LogP contribution in [0.2, 0.25) is 0 Å². The average Bonchev–Trinajstić information content (AvgIpc) is 2.85. The van der Waals surface area contributed by atoms with E-state index in [0.717, 1.165) is 5.75 Å². The third-order valence-electron chi connectivity index (χ3n) is 3.15. The van der Waals surface area contributed by atoms with Crippen molar-refractivity contribution >= 4 is 5.97 Å². The SMILES string of the molecule is Cc1cc(OCc2cc(C(=O)O)co2)ccc1C(C)C. The maximum Gasteiger partial charge on any atom is 0.338 e. The zero-order valence-electron chi connectivity index (χ0n) is 11.8. The Hall–Kier alpha value is -2.23. The third kappa shape index (κ3) is 3.20. The molecule has 0 spiro atoms. The molecule has 0 amide bonds. The quantitative estimate of drug-likeness (QED) is 0.895. The minimum atomic E-state index is -1.00. The van der Waals surface area contributed by atoms with Gasteiger partial charge >= 0.3 is 5.97 Å². The first-order valence-corrected chi connectivity index (χ1v) is 6.51. The van der Waals surface area contributed by atoms with E-state index in [1.807, 2.05) is 12.1 Å². The van der Waals surface area contributed by atoms with Crippen LogP contribution in [0, 0.1) is 6.92 Å². The van der Waals surface area contributed by atoms with Gasteiger partial charge in [-0.3, -0.25) is 0 Å². The molecule has 0 radical (unpaired) electrons. The van der Waals surface area contributed by atoms with Crippen LogP contribution >= 0.6 is 0 Å². The molecule has 2 aromatic rings. The molecule has 0 saturated carbocycles. The van der Waals surface area contributed by atoms with Gasteiger partial charge in [0.05, 0.1) is 5.56 Å².